The van der Waals surface area contributed by atoms with Gasteiger partial charge in [0.05, 0.1) is 24.7 Å². The predicted octanol–water partition coefficient (Wildman–Crippen LogP) is 1.21. The molecule has 4 rings (SSSR count). The van der Waals surface area contributed by atoms with Gasteiger partial charge in [-0.1, -0.05) is 18.2 Å². The van der Waals surface area contributed by atoms with Crippen LogP contribution in [0.25, 0.3) is 0 Å². The van der Waals surface area contributed by atoms with E-state index in [0.717, 1.165) is 75.2 Å². The van der Waals surface area contributed by atoms with Crippen LogP contribution in [0.3, 0.4) is 0 Å². The Morgan fingerprint density at radius 2 is 2.11 bits per heavy atom. The molecule has 146 valence electrons. The number of hydrogen-bond acceptors (Lipinski definition) is 5. The average Bonchev–Trinajstić information content (AvgIpc) is 2.98. The maximum atomic E-state index is 5.67. The van der Waals surface area contributed by atoms with E-state index in [-0.39, 0.29) is 0 Å². The van der Waals surface area contributed by atoms with Crippen molar-refractivity contribution in [2.45, 2.75) is 18.8 Å². The summed E-state index contributed by atoms with van der Waals surface area (Å²) >= 11 is 0. The van der Waals surface area contributed by atoms with Crippen molar-refractivity contribution in [1.29, 1.82) is 0 Å². The molecule has 0 bridgehead atoms. The van der Waals surface area contributed by atoms with E-state index in [4.69, 9.17) is 15.7 Å². The molecular weight excluding hydrogens is 350 g/mol. The minimum Gasteiger partial charge on any atom is -0.404 e. The summed E-state index contributed by atoms with van der Waals surface area (Å²) in [5.41, 5.74) is 7.82. The van der Waals surface area contributed by atoms with E-state index in [0.29, 0.717) is 5.92 Å². The highest BCUT2D eigenvalue weighted by molar-refractivity contribution is 6.07. The van der Waals surface area contributed by atoms with Crippen molar-refractivity contribution in [1.82, 2.24) is 15.3 Å². The Morgan fingerprint density at radius 1 is 1.21 bits per heavy atom. The molecule has 1 aromatic rings. The smallest absolute Gasteiger partial charge is 0.320 e. The van der Waals surface area contributed by atoms with E-state index in [9.17, 15) is 0 Å². The molecule has 0 amide bonds. The lowest BCUT2D eigenvalue weighted by molar-refractivity contribution is -0.592. The SMILES string of the molecule is NC=CC(N=C1C=CC=CC1)=[N+]1CC(c2nccnc2N2CCCNCC2)C1. The molecular formula is C21H28N7+. The van der Waals surface area contributed by atoms with Crippen LogP contribution < -0.4 is 16.0 Å². The van der Waals surface area contributed by atoms with Crippen LogP contribution in [0.15, 0.2) is 54.0 Å². The number of nitrogens with two attached hydrogens (primary N) is 1. The van der Waals surface area contributed by atoms with Crippen molar-refractivity contribution in [3.8, 4) is 0 Å². The van der Waals surface area contributed by atoms with Crippen LogP contribution in [0, 0.1) is 0 Å². The summed E-state index contributed by atoms with van der Waals surface area (Å²) in [6, 6.07) is 0. The summed E-state index contributed by atoms with van der Waals surface area (Å²) < 4.78 is 2.26. The van der Waals surface area contributed by atoms with Gasteiger partial charge in [-0.25, -0.2) is 4.98 Å². The van der Waals surface area contributed by atoms with Crippen LogP contribution in [-0.4, -0.2) is 65.4 Å². The molecule has 0 saturated carbocycles. The van der Waals surface area contributed by atoms with E-state index in [1.165, 1.54) is 0 Å². The number of nitrogens with one attached hydrogen (secondary N) is 1. The van der Waals surface area contributed by atoms with E-state index in [1.807, 2.05) is 18.2 Å². The number of aliphatic imine (C=N–C) groups is 1. The zero-order valence-electron chi connectivity index (χ0n) is 16.2. The number of aromatic nitrogens is 2. The Hall–Kier alpha value is -2.80. The van der Waals surface area contributed by atoms with Crippen molar-refractivity contribution < 1.29 is 4.58 Å². The monoisotopic (exact) mass is 378 g/mol. The third-order valence-electron chi connectivity index (χ3n) is 5.30. The lowest BCUT2D eigenvalue weighted by Gasteiger charge is -2.31. The fourth-order valence-corrected chi connectivity index (χ4v) is 3.80. The number of allylic oxidation sites excluding steroid dienone is 4. The molecule has 7 heteroatoms. The van der Waals surface area contributed by atoms with Crippen LogP contribution in [0.5, 0.6) is 0 Å². The molecule has 7 nitrogen and oxygen atoms in total. The Kier molecular flexibility index (Phi) is 5.92. The van der Waals surface area contributed by atoms with Crippen LogP contribution in [0.4, 0.5) is 5.82 Å². The third kappa shape index (κ3) is 4.20. The molecule has 0 aromatic carbocycles. The van der Waals surface area contributed by atoms with Crippen LogP contribution in [-0.2, 0) is 0 Å². The van der Waals surface area contributed by atoms with Gasteiger partial charge in [0.15, 0.2) is 11.5 Å². The fourth-order valence-electron chi connectivity index (χ4n) is 3.80. The number of amidine groups is 1. The minimum absolute atomic E-state index is 0.364. The van der Waals surface area contributed by atoms with Gasteiger partial charge in [-0.2, -0.15) is 0 Å². The van der Waals surface area contributed by atoms with Crippen molar-refractivity contribution in [2.75, 3.05) is 44.2 Å². The largest absolute Gasteiger partial charge is 0.404 e. The van der Waals surface area contributed by atoms with Gasteiger partial charge in [0.2, 0.25) is 0 Å². The van der Waals surface area contributed by atoms with Gasteiger partial charge >= 0.3 is 5.84 Å². The van der Waals surface area contributed by atoms with Crippen molar-refractivity contribution >= 4 is 17.4 Å². The molecule has 2 saturated heterocycles. The highest BCUT2D eigenvalue weighted by Gasteiger charge is 2.35. The zero-order valence-corrected chi connectivity index (χ0v) is 16.2. The quantitative estimate of drug-likeness (QED) is 0.610. The summed E-state index contributed by atoms with van der Waals surface area (Å²) in [5, 5.41) is 3.45. The lowest BCUT2D eigenvalue weighted by atomic mass is 9.96. The second kappa shape index (κ2) is 8.93. The molecule has 1 aromatic heterocycles. The Labute approximate surface area is 166 Å². The minimum atomic E-state index is 0.364. The fraction of sp³-hybridized carbons (Fsp3) is 0.429. The molecule has 28 heavy (non-hydrogen) atoms. The third-order valence-corrected chi connectivity index (χ3v) is 5.30. The van der Waals surface area contributed by atoms with E-state index in [2.05, 4.69) is 31.9 Å². The van der Waals surface area contributed by atoms with Gasteiger partial charge in [0.25, 0.3) is 0 Å². The topological polar surface area (TPSA) is 82.4 Å². The van der Waals surface area contributed by atoms with Gasteiger partial charge in [-0.15, -0.1) is 0 Å². The Balaban J connectivity index is 1.53. The van der Waals surface area contributed by atoms with Gasteiger partial charge < -0.3 is 16.0 Å². The molecule has 0 radical (unpaired) electrons. The van der Waals surface area contributed by atoms with Crippen LogP contribution in [0.1, 0.15) is 24.5 Å². The summed E-state index contributed by atoms with van der Waals surface area (Å²) in [5.74, 6) is 2.32. The second-order valence-electron chi connectivity index (χ2n) is 7.27. The maximum absolute atomic E-state index is 5.67. The lowest BCUT2D eigenvalue weighted by Crippen LogP contribution is -2.42. The molecule has 3 aliphatic rings. The average molecular weight is 379 g/mol. The molecule has 3 N–H and O–H groups in total. The van der Waals surface area contributed by atoms with Crippen molar-refractivity contribution in [2.24, 2.45) is 10.7 Å². The highest BCUT2D eigenvalue weighted by Crippen LogP contribution is 2.29. The first kappa shape index (κ1) is 18.6. The highest BCUT2D eigenvalue weighted by atomic mass is 15.2. The van der Waals surface area contributed by atoms with E-state index < -0.39 is 0 Å². The first-order valence-electron chi connectivity index (χ1n) is 10.0. The van der Waals surface area contributed by atoms with Gasteiger partial charge in [0, 0.05) is 50.7 Å². The van der Waals surface area contributed by atoms with Crippen LogP contribution >= 0.6 is 0 Å². The Morgan fingerprint density at radius 3 is 2.93 bits per heavy atom. The molecule has 1 aliphatic carbocycles. The van der Waals surface area contributed by atoms with Crippen molar-refractivity contribution in [3.05, 3.63) is 54.7 Å². The molecule has 3 heterocycles. The maximum Gasteiger partial charge on any atom is 0.320 e. The summed E-state index contributed by atoms with van der Waals surface area (Å²) in [7, 11) is 0. The molecule has 0 unspecified atom stereocenters. The van der Waals surface area contributed by atoms with E-state index in [1.54, 1.807) is 18.6 Å². The molecule has 0 spiro atoms. The zero-order chi connectivity index (χ0) is 19.2. The molecule has 2 aliphatic heterocycles. The number of nitrogens with zero attached hydrogens (tertiary/aromatic N) is 5. The number of anilines is 1. The standard InChI is InChI=1S/C21H27N7/c22-8-7-19(26-18-5-2-1-3-6-18)28-15-17(16-28)20-21(25-11-10-24-20)27-13-4-9-23-12-14-27/h1-3,5,7-8,10-11,17,22-23H,4,6,9,12-16H2/p+1. The number of rotatable bonds is 3. The summed E-state index contributed by atoms with van der Waals surface area (Å²) in [6.07, 6.45) is 17.3. The van der Waals surface area contributed by atoms with Crippen molar-refractivity contribution in [3.63, 3.8) is 0 Å². The molecule has 0 atom stereocenters. The van der Waals surface area contributed by atoms with E-state index >= 15 is 0 Å². The van der Waals surface area contributed by atoms with Gasteiger partial charge in [-0.05, 0) is 24.0 Å². The second-order valence-corrected chi connectivity index (χ2v) is 7.27. The normalized spacial score (nSPS) is 23.9. The predicted molar refractivity (Wildman–Crippen MR) is 113 cm³/mol. The summed E-state index contributed by atoms with van der Waals surface area (Å²) in [6.45, 7) is 5.82. The van der Waals surface area contributed by atoms with Gasteiger partial charge in [0.1, 0.15) is 0 Å². The summed E-state index contributed by atoms with van der Waals surface area (Å²) in [4.78, 5) is 16.6. The Bertz CT molecular complexity index is 834. The first-order chi connectivity index (χ1) is 13.8. The van der Waals surface area contributed by atoms with Gasteiger partial charge in [-0.3, -0.25) is 9.56 Å². The first-order valence-corrected chi connectivity index (χ1v) is 10.0. The molecule has 2 fully saturated rings. The van der Waals surface area contributed by atoms with Crippen LogP contribution in [0.2, 0.25) is 0 Å². The number of hydrogen-bond donors (Lipinski definition) is 2.